The Morgan fingerprint density at radius 1 is 1.33 bits per heavy atom. The maximum absolute atomic E-state index is 2.62. The van der Waals surface area contributed by atoms with Gasteiger partial charge in [0.1, 0.15) is 0 Å². The van der Waals surface area contributed by atoms with Crippen molar-refractivity contribution in [3.8, 4) is 0 Å². The second-order valence-electron chi connectivity index (χ2n) is 4.74. The number of hydrogen-bond acceptors (Lipinski definition) is 3. The fourth-order valence-electron chi connectivity index (χ4n) is 2.42. The van der Waals surface area contributed by atoms with Gasteiger partial charge in [0.05, 0.1) is 0 Å². The molecule has 0 saturated carbocycles. The van der Waals surface area contributed by atoms with Gasteiger partial charge >= 0.3 is 0 Å². The maximum atomic E-state index is 2.62. The van der Waals surface area contributed by atoms with Crippen molar-refractivity contribution >= 4 is 11.8 Å². The fourth-order valence-corrected chi connectivity index (χ4v) is 2.97. The summed E-state index contributed by atoms with van der Waals surface area (Å²) in [5.41, 5.74) is 0. The highest BCUT2D eigenvalue weighted by molar-refractivity contribution is 7.98. The molecule has 0 radical (unpaired) electrons. The van der Waals surface area contributed by atoms with Crippen molar-refractivity contribution < 1.29 is 0 Å². The molecule has 1 heterocycles. The van der Waals surface area contributed by atoms with E-state index in [1.807, 2.05) is 11.8 Å². The summed E-state index contributed by atoms with van der Waals surface area (Å²) in [6, 6.07) is 0. The Kier molecular flexibility index (Phi) is 6.69. The molecule has 0 amide bonds. The predicted octanol–water partition coefficient (Wildman–Crippen LogP) is 2.36. The first-order chi connectivity index (χ1) is 7.26. The third kappa shape index (κ3) is 5.23. The molecule has 0 aromatic heterocycles. The maximum Gasteiger partial charge on any atom is 0.0438 e. The van der Waals surface area contributed by atoms with Gasteiger partial charge in [-0.3, -0.25) is 4.90 Å². The highest BCUT2D eigenvalue weighted by atomic mass is 32.2. The van der Waals surface area contributed by atoms with E-state index >= 15 is 0 Å². The lowest BCUT2D eigenvalue weighted by Gasteiger charge is -2.33. The molecule has 0 aromatic carbocycles. The summed E-state index contributed by atoms with van der Waals surface area (Å²) in [6.45, 7) is 7.52. The smallest absolute Gasteiger partial charge is 0.0438 e. The van der Waals surface area contributed by atoms with Crippen molar-refractivity contribution in [1.82, 2.24) is 9.80 Å². The van der Waals surface area contributed by atoms with Crippen molar-refractivity contribution in [2.75, 3.05) is 45.4 Å². The molecular weight excluding hydrogens is 204 g/mol. The van der Waals surface area contributed by atoms with Gasteiger partial charge in [0, 0.05) is 12.4 Å². The molecule has 1 aliphatic heterocycles. The minimum atomic E-state index is 0.940. The molecule has 0 aliphatic carbocycles. The van der Waals surface area contributed by atoms with Gasteiger partial charge in [0.15, 0.2) is 0 Å². The summed E-state index contributed by atoms with van der Waals surface area (Å²) < 4.78 is 0. The Balaban J connectivity index is 2.14. The van der Waals surface area contributed by atoms with E-state index < -0.39 is 0 Å². The van der Waals surface area contributed by atoms with E-state index in [0.29, 0.717) is 0 Å². The van der Waals surface area contributed by atoms with Gasteiger partial charge in [-0.25, -0.2) is 0 Å². The molecule has 2 nitrogen and oxygen atoms in total. The van der Waals surface area contributed by atoms with Crippen LogP contribution in [0, 0.1) is 5.92 Å². The van der Waals surface area contributed by atoms with Crippen LogP contribution in [0.3, 0.4) is 0 Å². The van der Waals surface area contributed by atoms with E-state index in [0.717, 1.165) is 5.92 Å². The zero-order valence-electron chi connectivity index (χ0n) is 10.5. The van der Waals surface area contributed by atoms with Crippen LogP contribution in [0.5, 0.6) is 0 Å². The average Bonchev–Trinajstić information content (AvgIpc) is 2.22. The van der Waals surface area contributed by atoms with E-state index in [4.69, 9.17) is 0 Å². The van der Waals surface area contributed by atoms with Crippen LogP contribution in [-0.4, -0.2) is 55.2 Å². The van der Waals surface area contributed by atoms with Crippen molar-refractivity contribution in [1.29, 1.82) is 0 Å². The number of thioether (sulfide) groups is 1. The summed E-state index contributed by atoms with van der Waals surface area (Å²) in [5.74, 6) is 2.12. The van der Waals surface area contributed by atoms with Gasteiger partial charge in [-0.05, 0) is 58.1 Å². The van der Waals surface area contributed by atoms with Crippen LogP contribution in [0.25, 0.3) is 0 Å². The summed E-state index contributed by atoms with van der Waals surface area (Å²) in [5, 5.41) is 0. The van der Waals surface area contributed by atoms with Crippen LogP contribution in [0.1, 0.15) is 26.2 Å². The van der Waals surface area contributed by atoms with Crippen LogP contribution in [0.2, 0.25) is 0 Å². The highest BCUT2D eigenvalue weighted by Crippen LogP contribution is 2.18. The quantitative estimate of drug-likeness (QED) is 0.647. The molecule has 3 heteroatoms. The molecule has 0 spiro atoms. The lowest BCUT2D eigenvalue weighted by Crippen LogP contribution is -2.38. The number of piperidine rings is 1. The molecule has 0 bridgehead atoms. The first kappa shape index (κ1) is 13.3. The SMILES string of the molecule is CCCN1CCC(CN(C)CSC)CC1. The summed E-state index contributed by atoms with van der Waals surface area (Å²) >= 11 is 1.92. The van der Waals surface area contributed by atoms with Crippen molar-refractivity contribution in [3.63, 3.8) is 0 Å². The van der Waals surface area contributed by atoms with Crippen LogP contribution < -0.4 is 0 Å². The standard InChI is InChI=1S/C12H26N2S/c1-4-7-14-8-5-12(6-9-14)10-13(2)11-15-3/h12H,4-11H2,1-3H3. The number of likely N-dealkylation sites (tertiary alicyclic amines) is 1. The Hall–Kier alpha value is 0.270. The lowest BCUT2D eigenvalue weighted by atomic mass is 9.96. The summed E-state index contributed by atoms with van der Waals surface area (Å²) in [6.07, 6.45) is 6.29. The van der Waals surface area contributed by atoms with Crippen molar-refractivity contribution in [2.24, 2.45) is 5.92 Å². The van der Waals surface area contributed by atoms with E-state index in [2.05, 4.69) is 30.0 Å². The number of hydrogen-bond donors (Lipinski definition) is 0. The largest absolute Gasteiger partial charge is 0.303 e. The molecule has 0 unspecified atom stereocenters. The molecular formula is C12H26N2S. The van der Waals surface area contributed by atoms with Gasteiger partial charge in [-0.2, -0.15) is 0 Å². The summed E-state index contributed by atoms with van der Waals surface area (Å²) in [4.78, 5) is 5.08. The van der Waals surface area contributed by atoms with E-state index in [-0.39, 0.29) is 0 Å². The van der Waals surface area contributed by atoms with Gasteiger partial charge in [0.2, 0.25) is 0 Å². The monoisotopic (exact) mass is 230 g/mol. The lowest BCUT2D eigenvalue weighted by molar-refractivity contribution is 0.161. The third-order valence-corrected chi connectivity index (χ3v) is 3.87. The molecule has 1 rings (SSSR count). The molecule has 1 saturated heterocycles. The fraction of sp³-hybridized carbons (Fsp3) is 1.00. The topological polar surface area (TPSA) is 6.48 Å². The first-order valence-corrected chi connectivity index (χ1v) is 7.55. The predicted molar refractivity (Wildman–Crippen MR) is 70.5 cm³/mol. The van der Waals surface area contributed by atoms with Crippen molar-refractivity contribution in [2.45, 2.75) is 26.2 Å². The Bertz CT molecular complexity index is 156. The number of rotatable bonds is 6. The van der Waals surface area contributed by atoms with E-state index in [1.54, 1.807) is 0 Å². The second kappa shape index (κ2) is 7.53. The van der Waals surface area contributed by atoms with Gasteiger partial charge in [-0.1, -0.05) is 6.92 Å². The van der Waals surface area contributed by atoms with Gasteiger partial charge in [0.25, 0.3) is 0 Å². The minimum absolute atomic E-state index is 0.940. The Morgan fingerprint density at radius 3 is 2.53 bits per heavy atom. The normalized spacial score (nSPS) is 20.0. The van der Waals surface area contributed by atoms with Crippen LogP contribution in [-0.2, 0) is 0 Å². The molecule has 15 heavy (non-hydrogen) atoms. The van der Waals surface area contributed by atoms with Crippen LogP contribution >= 0.6 is 11.8 Å². The molecule has 0 atom stereocenters. The van der Waals surface area contributed by atoms with Crippen LogP contribution in [0.4, 0.5) is 0 Å². The van der Waals surface area contributed by atoms with Gasteiger partial charge in [-0.15, -0.1) is 11.8 Å². The van der Waals surface area contributed by atoms with E-state index in [1.165, 1.54) is 51.3 Å². The van der Waals surface area contributed by atoms with Crippen LogP contribution in [0.15, 0.2) is 0 Å². The van der Waals surface area contributed by atoms with E-state index in [9.17, 15) is 0 Å². The van der Waals surface area contributed by atoms with Gasteiger partial charge < -0.3 is 4.90 Å². The number of nitrogens with zero attached hydrogens (tertiary/aromatic N) is 2. The average molecular weight is 230 g/mol. The highest BCUT2D eigenvalue weighted by Gasteiger charge is 2.19. The Morgan fingerprint density at radius 2 is 2.00 bits per heavy atom. The molecule has 1 fully saturated rings. The zero-order chi connectivity index (χ0) is 11.1. The molecule has 1 aliphatic rings. The third-order valence-electron chi connectivity index (χ3n) is 3.17. The summed E-state index contributed by atoms with van der Waals surface area (Å²) in [7, 11) is 2.24. The first-order valence-electron chi connectivity index (χ1n) is 6.16. The minimum Gasteiger partial charge on any atom is -0.303 e. The molecule has 0 N–H and O–H groups in total. The van der Waals surface area contributed by atoms with Crippen molar-refractivity contribution in [3.05, 3.63) is 0 Å². The zero-order valence-corrected chi connectivity index (χ0v) is 11.4. The molecule has 0 aromatic rings. The second-order valence-corrected chi connectivity index (χ2v) is 5.58. The Labute approximate surface area is 99.4 Å². The molecule has 90 valence electrons.